The number of morpholine rings is 1. The van der Waals surface area contributed by atoms with E-state index in [1.807, 2.05) is 62.4 Å². The first-order valence-electron chi connectivity index (χ1n) is 13.8. The first kappa shape index (κ1) is 27.1. The number of ether oxygens (including phenoxy) is 2. The Kier molecular flexibility index (Phi) is 8.14. The Morgan fingerprint density at radius 3 is 2.41 bits per heavy atom. The van der Waals surface area contributed by atoms with E-state index in [4.69, 9.17) is 9.47 Å². The number of benzene rings is 2. The second kappa shape index (κ2) is 11.7. The van der Waals surface area contributed by atoms with Crippen LogP contribution < -0.4 is 10.1 Å². The van der Waals surface area contributed by atoms with Crippen LogP contribution in [0.25, 0.3) is 0 Å². The van der Waals surface area contributed by atoms with Crippen LogP contribution in [0.15, 0.2) is 48.5 Å². The van der Waals surface area contributed by atoms with Gasteiger partial charge in [-0.2, -0.15) is 5.10 Å². The van der Waals surface area contributed by atoms with Crippen molar-refractivity contribution in [3.8, 4) is 5.75 Å². The predicted molar refractivity (Wildman–Crippen MR) is 149 cm³/mol. The molecule has 2 atom stereocenters. The van der Waals surface area contributed by atoms with Crippen molar-refractivity contribution in [3.05, 3.63) is 82.2 Å². The lowest BCUT2D eigenvalue weighted by Gasteiger charge is -2.40. The van der Waals surface area contributed by atoms with Gasteiger partial charge >= 0.3 is 0 Å². The third-order valence-corrected chi connectivity index (χ3v) is 7.97. The van der Waals surface area contributed by atoms with Crippen LogP contribution >= 0.6 is 0 Å². The van der Waals surface area contributed by atoms with E-state index in [1.54, 1.807) is 7.11 Å². The molecule has 1 saturated heterocycles. The van der Waals surface area contributed by atoms with Gasteiger partial charge in [-0.15, -0.1) is 0 Å². The quantitative estimate of drug-likeness (QED) is 0.446. The van der Waals surface area contributed by atoms with Gasteiger partial charge in [-0.1, -0.05) is 31.2 Å². The number of nitrogens with zero attached hydrogens (tertiary/aromatic N) is 3. The lowest BCUT2D eigenvalue weighted by atomic mass is 9.98. The molecular weight excluding hydrogens is 492 g/mol. The Morgan fingerprint density at radius 2 is 1.77 bits per heavy atom. The summed E-state index contributed by atoms with van der Waals surface area (Å²) >= 11 is 0. The van der Waals surface area contributed by atoms with Crippen LogP contribution in [0.4, 0.5) is 0 Å². The Morgan fingerprint density at radius 1 is 1.08 bits per heavy atom. The van der Waals surface area contributed by atoms with Gasteiger partial charge in [0, 0.05) is 29.9 Å². The zero-order valence-corrected chi connectivity index (χ0v) is 23.3. The van der Waals surface area contributed by atoms with Crippen LogP contribution in [-0.4, -0.2) is 59.4 Å². The molecule has 0 bridgehead atoms. The third-order valence-electron chi connectivity index (χ3n) is 7.97. The van der Waals surface area contributed by atoms with E-state index in [0.717, 1.165) is 47.5 Å². The first-order valence-corrected chi connectivity index (χ1v) is 13.8. The van der Waals surface area contributed by atoms with Gasteiger partial charge in [0.15, 0.2) is 0 Å². The molecule has 2 aromatic carbocycles. The van der Waals surface area contributed by atoms with E-state index in [9.17, 15) is 9.59 Å². The molecule has 1 aliphatic heterocycles. The van der Waals surface area contributed by atoms with Crippen molar-refractivity contribution in [2.24, 2.45) is 5.92 Å². The number of hydrogen-bond donors (Lipinski definition) is 1. The van der Waals surface area contributed by atoms with Crippen molar-refractivity contribution in [3.63, 3.8) is 0 Å². The molecule has 1 amide bonds. The van der Waals surface area contributed by atoms with Gasteiger partial charge in [-0.05, 0) is 74.4 Å². The molecule has 2 fully saturated rings. The highest BCUT2D eigenvalue weighted by molar-refractivity contribution is 5.96. The predicted octanol–water partition coefficient (Wildman–Crippen LogP) is 4.23. The van der Waals surface area contributed by atoms with Crippen molar-refractivity contribution in [2.45, 2.75) is 58.7 Å². The van der Waals surface area contributed by atoms with Gasteiger partial charge < -0.3 is 14.8 Å². The third kappa shape index (κ3) is 5.77. The minimum absolute atomic E-state index is 0.0370. The van der Waals surface area contributed by atoms with E-state index in [0.29, 0.717) is 37.8 Å². The maximum atomic E-state index is 13.6. The summed E-state index contributed by atoms with van der Waals surface area (Å²) in [7, 11) is 1.64. The van der Waals surface area contributed by atoms with Gasteiger partial charge in [0.05, 0.1) is 38.1 Å². The highest BCUT2D eigenvalue weighted by atomic mass is 16.5. The van der Waals surface area contributed by atoms with E-state index < -0.39 is 0 Å². The minimum atomic E-state index is -0.253. The molecule has 8 heteroatoms. The van der Waals surface area contributed by atoms with Crippen LogP contribution in [0.3, 0.4) is 0 Å². The van der Waals surface area contributed by atoms with Gasteiger partial charge in [0.25, 0.3) is 5.91 Å². The molecule has 0 spiro atoms. The number of rotatable bonds is 9. The number of carbonyl (C=O) groups is 2. The zero-order valence-electron chi connectivity index (χ0n) is 23.3. The van der Waals surface area contributed by atoms with Crippen LogP contribution in [0.5, 0.6) is 5.75 Å². The van der Waals surface area contributed by atoms with Gasteiger partial charge in [0.2, 0.25) is 5.91 Å². The second-order valence-corrected chi connectivity index (χ2v) is 10.5. The smallest absolute Gasteiger partial charge is 0.278 e. The van der Waals surface area contributed by atoms with Crippen molar-refractivity contribution in [1.82, 2.24) is 20.0 Å². The highest BCUT2D eigenvalue weighted by Crippen LogP contribution is 2.40. The maximum absolute atomic E-state index is 13.6. The van der Waals surface area contributed by atoms with E-state index >= 15 is 0 Å². The second-order valence-electron chi connectivity index (χ2n) is 10.5. The first-order chi connectivity index (χ1) is 18.9. The molecule has 1 N–H and O–H groups in total. The Hall–Kier alpha value is -3.49. The lowest BCUT2D eigenvalue weighted by molar-refractivity contribution is -0.132. The number of hydrogen-bond acceptors (Lipinski definition) is 6. The molecule has 1 aliphatic carbocycles. The molecule has 2 heterocycles. The number of amides is 1. The van der Waals surface area contributed by atoms with Crippen LogP contribution in [-0.2, 0) is 22.5 Å². The standard InChI is InChI=1S/C31H38N4O4/c1-5-22-6-10-25(11-7-22)31(37)35-21(3)28(20(2)33-35)27-19-39-17-16-34(27)29(24-12-13-24)30(36)32-18-23-8-14-26(38-4)15-9-23/h6-11,14-15,24,27,29H,5,12-13,16-19H2,1-4H3,(H,32,36). The topological polar surface area (TPSA) is 85.7 Å². The summed E-state index contributed by atoms with van der Waals surface area (Å²) in [5.41, 5.74) is 5.38. The molecule has 0 radical (unpaired) electrons. The average molecular weight is 531 g/mol. The van der Waals surface area contributed by atoms with Crippen LogP contribution in [0.2, 0.25) is 0 Å². The number of nitrogens with one attached hydrogen (secondary N) is 1. The molecule has 5 rings (SSSR count). The summed E-state index contributed by atoms with van der Waals surface area (Å²) in [4.78, 5) is 29.3. The monoisotopic (exact) mass is 530 g/mol. The molecule has 39 heavy (non-hydrogen) atoms. The molecular formula is C31H38N4O4. The SMILES string of the molecule is CCc1ccc(C(=O)n2nc(C)c(C3COCCN3C(C(=O)NCc3ccc(OC)cc3)C3CC3)c2C)cc1. The van der Waals surface area contributed by atoms with Gasteiger partial charge in [-0.3, -0.25) is 14.5 Å². The number of aryl methyl sites for hydroxylation is 2. The summed E-state index contributed by atoms with van der Waals surface area (Å²) in [6.07, 6.45) is 2.99. The minimum Gasteiger partial charge on any atom is -0.497 e. The Labute approximate surface area is 230 Å². The molecule has 2 aliphatic rings. The van der Waals surface area contributed by atoms with E-state index in [-0.39, 0.29) is 23.9 Å². The Bertz CT molecular complexity index is 1310. The van der Waals surface area contributed by atoms with Gasteiger partial charge in [-0.25, -0.2) is 4.68 Å². The summed E-state index contributed by atoms with van der Waals surface area (Å²) in [5.74, 6) is 0.995. The summed E-state index contributed by atoms with van der Waals surface area (Å²) in [6, 6.07) is 15.0. The molecule has 3 aromatic rings. The molecule has 1 aromatic heterocycles. The largest absolute Gasteiger partial charge is 0.497 e. The number of carbonyl (C=O) groups excluding carboxylic acids is 2. The molecule has 206 valence electrons. The normalized spacial score (nSPS) is 18.5. The fourth-order valence-corrected chi connectivity index (χ4v) is 5.62. The molecule has 2 unspecified atom stereocenters. The summed E-state index contributed by atoms with van der Waals surface area (Å²) in [5, 5.41) is 7.84. The highest BCUT2D eigenvalue weighted by Gasteiger charge is 2.45. The molecule has 1 saturated carbocycles. The zero-order chi connectivity index (χ0) is 27.5. The van der Waals surface area contributed by atoms with Crippen molar-refractivity contribution in [2.75, 3.05) is 26.9 Å². The van der Waals surface area contributed by atoms with Gasteiger partial charge in [0.1, 0.15) is 5.75 Å². The summed E-state index contributed by atoms with van der Waals surface area (Å²) < 4.78 is 12.7. The fourth-order valence-electron chi connectivity index (χ4n) is 5.62. The average Bonchev–Trinajstić information content (AvgIpc) is 3.76. The fraction of sp³-hybridized carbons (Fsp3) is 0.452. The van der Waals surface area contributed by atoms with Crippen molar-refractivity contribution >= 4 is 11.8 Å². The van der Waals surface area contributed by atoms with Crippen LogP contribution in [0.1, 0.15) is 64.2 Å². The van der Waals surface area contributed by atoms with Crippen LogP contribution in [0, 0.1) is 19.8 Å². The number of methoxy groups -OCH3 is 1. The van der Waals surface area contributed by atoms with Crippen molar-refractivity contribution in [1.29, 1.82) is 0 Å². The summed E-state index contributed by atoms with van der Waals surface area (Å²) in [6.45, 7) is 8.12. The Balaban J connectivity index is 1.38. The number of aromatic nitrogens is 2. The van der Waals surface area contributed by atoms with Crippen molar-refractivity contribution < 1.29 is 19.1 Å². The maximum Gasteiger partial charge on any atom is 0.278 e. The van der Waals surface area contributed by atoms with E-state index in [1.165, 1.54) is 10.2 Å². The van der Waals surface area contributed by atoms with E-state index in [2.05, 4.69) is 22.2 Å². The molecule has 8 nitrogen and oxygen atoms in total. The lowest BCUT2D eigenvalue weighted by Crippen LogP contribution is -2.53.